The van der Waals surface area contributed by atoms with Crippen LogP contribution in [0.1, 0.15) is 38.4 Å². The third-order valence-electron chi connectivity index (χ3n) is 2.59. The number of aliphatic hydroxyl groups is 1. The van der Waals surface area contributed by atoms with Gasteiger partial charge in [-0.05, 0) is 26.3 Å². The first-order valence-electron chi connectivity index (χ1n) is 6.15. The monoisotopic (exact) mass is 251 g/mol. The van der Waals surface area contributed by atoms with Crippen molar-refractivity contribution in [2.24, 2.45) is 0 Å². The van der Waals surface area contributed by atoms with Gasteiger partial charge in [-0.2, -0.15) is 0 Å². The molecule has 1 rings (SSSR count). The maximum atomic E-state index is 11.5. The molecule has 18 heavy (non-hydrogen) atoms. The fourth-order valence-electron chi connectivity index (χ4n) is 1.76. The predicted molar refractivity (Wildman–Crippen MR) is 70.5 cm³/mol. The minimum atomic E-state index is -0.681. The van der Waals surface area contributed by atoms with E-state index in [1.54, 1.807) is 13.2 Å². The van der Waals surface area contributed by atoms with Gasteiger partial charge in [0.1, 0.15) is 5.75 Å². The molecular formula is C14H21NO3. The van der Waals surface area contributed by atoms with E-state index in [1.807, 2.05) is 32.0 Å². The number of carbonyl (C=O) groups excluding carboxylic acids is 1. The Morgan fingerprint density at radius 2 is 2.06 bits per heavy atom. The largest absolute Gasteiger partial charge is 0.496 e. The molecule has 0 radical (unpaired) electrons. The van der Waals surface area contributed by atoms with Crippen molar-refractivity contribution in [3.8, 4) is 5.75 Å². The lowest BCUT2D eigenvalue weighted by molar-refractivity contribution is -0.122. The van der Waals surface area contributed by atoms with E-state index in [1.165, 1.54) is 0 Å². The van der Waals surface area contributed by atoms with Crippen LogP contribution in [0.15, 0.2) is 24.3 Å². The summed E-state index contributed by atoms with van der Waals surface area (Å²) in [6.07, 6.45) is 0.00937. The Morgan fingerprint density at radius 3 is 2.67 bits per heavy atom. The summed E-state index contributed by atoms with van der Waals surface area (Å²) in [7, 11) is 1.57. The molecule has 0 aliphatic heterocycles. The van der Waals surface area contributed by atoms with E-state index >= 15 is 0 Å². The van der Waals surface area contributed by atoms with Crippen molar-refractivity contribution in [3.05, 3.63) is 29.8 Å². The number of carbonyl (C=O) groups is 1. The molecule has 0 spiro atoms. The van der Waals surface area contributed by atoms with E-state index < -0.39 is 6.10 Å². The number of methoxy groups -OCH3 is 1. The highest BCUT2D eigenvalue weighted by Gasteiger charge is 2.14. The van der Waals surface area contributed by atoms with Crippen LogP contribution in [-0.2, 0) is 4.79 Å². The summed E-state index contributed by atoms with van der Waals surface area (Å²) < 4.78 is 5.18. The fraction of sp³-hybridized carbons (Fsp3) is 0.500. The molecule has 0 saturated heterocycles. The van der Waals surface area contributed by atoms with Gasteiger partial charge in [0.15, 0.2) is 0 Å². The van der Waals surface area contributed by atoms with E-state index in [4.69, 9.17) is 4.74 Å². The van der Waals surface area contributed by atoms with Crippen LogP contribution in [0.2, 0.25) is 0 Å². The van der Waals surface area contributed by atoms with Gasteiger partial charge in [0.25, 0.3) is 0 Å². The first-order chi connectivity index (χ1) is 8.54. The quantitative estimate of drug-likeness (QED) is 0.813. The van der Waals surface area contributed by atoms with Crippen LogP contribution in [0.3, 0.4) is 0 Å². The van der Waals surface area contributed by atoms with Gasteiger partial charge in [-0.1, -0.05) is 18.2 Å². The highest BCUT2D eigenvalue weighted by molar-refractivity contribution is 5.76. The molecule has 1 amide bonds. The summed E-state index contributed by atoms with van der Waals surface area (Å²) in [5.74, 6) is 0.605. The van der Waals surface area contributed by atoms with Gasteiger partial charge in [0, 0.05) is 18.0 Å². The second kappa shape index (κ2) is 7.01. The number of hydrogen-bond acceptors (Lipinski definition) is 3. The summed E-state index contributed by atoms with van der Waals surface area (Å²) in [5, 5.41) is 12.9. The van der Waals surface area contributed by atoms with Crippen molar-refractivity contribution in [2.75, 3.05) is 7.11 Å². The molecule has 1 unspecified atom stereocenters. The maximum Gasteiger partial charge on any atom is 0.220 e. The smallest absolute Gasteiger partial charge is 0.220 e. The first kappa shape index (κ1) is 14.5. The average molecular weight is 251 g/mol. The molecule has 0 saturated carbocycles. The number of ether oxygens (including phenoxy) is 1. The van der Waals surface area contributed by atoms with E-state index in [9.17, 15) is 9.90 Å². The van der Waals surface area contributed by atoms with Crippen LogP contribution in [0.4, 0.5) is 0 Å². The van der Waals surface area contributed by atoms with Crippen molar-refractivity contribution in [3.63, 3.8) is 0 Å². The Labute approximate surface area is 108 Å². The normalized spacial score (nSPS) is 12.3. The van der Waals surface area contributed by atoms with Crippen LogP contribution in [0.25, 0.3) is 0 Å². The van der Waals surface area contributed by atoms with Crippen molar-refractivity contribution in [2.45, 2.75) is 38.8 Å². The molecule has 4 nitrogen and oxygen atoms in total. The van der Waals surface area contributed by atoms with Crippen molar-refractivity contribution < 1.29 is 14.6 Å². The SMILES string of the molecule is COc1ccccc1C(O)CCC(=O)NC(C)C. The molecule has 0 aliphatic carbocycles. The van der Waals surface area contributed by atoms with Gasteiger partial charge in [-0.3, -0.25) is 4.79 Å². The fourth-order valence-corrected chi connectivity index (χ4v) is 1.76. The standard InChI is InChI=1S/C14H21NO3/c1-10(2)15-14(17)9-8-12(16)11-6-4-5-7-13(11)18-3/h4-7,10,12,16H,8-9H2,1-3H3,(H,15,17). The third kappa shape index (κ3) is 4.37. The van der Waals surface area contributed by atoms with Gasteiger partial charge in [0.2, 0.25) is 5.91 Å². The number of hydrogen-bond donors (Lipinski definition) is 2. The Balaban J connectivity index is 2.55. The molecule has 0 heterocycles. The minimum Gasteiger partial charge on any atom is -0.496 e. The number of amides is 1. The Bertz CT molecular complexity index is 390. The Morgan fingerprint density at radius 1 is 1.39 bits per heavy atom. The van der Waals surface area contributed by atoms with Crippen molar-refractivity contribution >= 4 is 5.91 Å². The minimum absolute atomic E-state index is 0.0426. The van der Waals surface area contributed by atoms with Crippen molar-refractivity contribution in [1.29, 1.82) is 0 Å². The summed E-state index contributed by atoms with van der Waals surface area (Å²) in [4.78, 5) is 11.5. The van der Waals surface area contributed by atoms with Gasteiger partial charge in [-0.25, -0.2) is 0 Å². The molecule has 1 aromatic rings. The number of aliphatic hydroxyl groups excluding tert-OH is 1. The van der Waals surface area contributed by atoms with Crippen molar-refractivity contribution in [1.82, 2.24) is 5.32 Å². The molecule has 1 aromatic carbocycles. The number of para-hydroxylation sites is 1. The maximum absolute atomic E-state index is 11.5. The van der Waals surface area contributed by atoms with Crippen LogP contribution in [-0.4, -0.2) is 24.2 Å². The number of nitrogens with one attached hydrogen (secondary N) is 1. The van der Waals surface area contributed by atoms with Gasteiger partial charge in [-0.15, -0.1) is 0 Å². The van der Waals surface area contributed by atoms with Gasteiger partial charge < -0.3 is 15.2 Å². The Hall–Kier alpha value is -1.55. The lowest BCUT2D eigenvalue weighted by atomic mass is 10.0. The highest BCUT2D eigenvalue weighted by Crippen LogP contribution is 2.27. The molecule has 0 fully saturated rings. The third-order valence-corrected chi connectivity index (χ3v) is 2.59. The lowest BCUT2D eigenvalue weighted by Crippen LogP contribution is -2.30. The van der Waals surface area contributed by atoms with E-state index in [0.717, 1.165) is 5.56 Å². The predicted octanol–water partition coefficient (Wildman–Crippen LogP) is 2.03. The van der Waals surface area contributed by atoms with Gasteiger partial charge >= 0.3 is 0 Å². The highest BCUT2D eigenvalue weighted by atomic mass is 16.5. The zero-order valence-electron chi connectivity index (χ0n) is 11.1. The molecule has 100 valence electrons. The number of rotatable bonds is 6. The molecule has 2 N–H and O–H groups in total. The summed E-state index contributed by atoms with van der Waals surface area (Å²) in [6.45, 7) is 3.82. The molecule has 0 aromatic heterocycles. The van der Waals surface area contributed by atoms with Crippen LogP contribution >= 0.6 is 0 Å². The summed E-state index contributed by atoms with van der Waals surface area (Å²) in [5.41, 5.74) is 0.720. The molecule has 4 heteroatoms. The topological polar surface area (TPSA) is 58.6 Å². The van der Waals surface area contributed by atoms with E-state index in [2.05, 4.69) is 5.32 Å². The number of benzene rings is 1. The van der Waals surface area contributed by atoms with E-state index in [0.29, 0.717) is 18.6 Å². The Kier molecular flexibility index (Phi) is 5.65. The summed E-state index contributed by atoms with van der Waals surface area (Å²) in [6, 6.07) is 7.42. The first-order valence-corrected chi connectivity index (χ1v) is 6.15. The second-order valence-electron chi connectivity index (χ2n) is 4.52. The molecular weight excluding hydrogens is 230 g/mol. The van der Waals surface area contributed by atoms with Crippen LogP contribution in [0, 0.1) is 0 Å². The summed E-state index contributed by atoms with van der Waals surface area (Å²) >= 11 is 0. The lowest BCUT2D eigenvalue weighted by Gasteiger charge is -2.15. The van der Waals surface area contributed by atoms with Crippen LogP contribution < -0.4 is 10.1 Å². The zero-order chi connectivity index (χ0) is 13.5. The van der Waals surface area contributed by atoms with Crippen LogP contribution in [0.5, 0.6) is 5.75 Å². The average Bonchev–Trinajstić information content (AvgIpc) is 2.35. The van der Waals surface area contributed by atoms with Gasteiger partial charge in [0.05, 0.1) is 13.2 Å². The molecule has 0 bridgehead atoms. The molecule has 1 atom stereocenters. The molecule has 0 aliphatic rings. The second-order valence-corrected chi connectivity index (χ2v) is 4.52. The van der Waals surface area contributed by atoms with E-state index in [-0.39, 0.29) is 11.9 Å². The zero-order valence-corrected chi connectivity index (χ0v) is 11.1.